The highest BCUT2D eigenvalue weighted by Crippen LogP contribution is 2.66. The SMILES string of the molecule is Cc1ccc2c(c1)C(=O)C[C@@]1(CC[C@H]3[C@@H](C(=O)N(C)Cc4ccncc4)[C@@H]31)O2. The van der Waals surface area contributed by atoms with E-state index in [0.717, 1.165) is 24.0 Å². The predicted molar refractivity (Wildman–Crippen MR) is 104 cm³/mol. The molecule has 2 aromatic rings. The summed E-state index contributed by atoms with van der Waals surface area (Å²) in [5.41, 5.74) is 2.32. The maximum Gasteiger partial charge on any atom is 0.226 e. The third-order valence-corrected chi connectivity index (χ3v) is 6.72. The van der Waals surface area contributed by atoms with Crippen LogP contribution in [0.25, 0.3) is 0 Å². The number of ether oxygens (including phenoxy) is 1. The van der Waals surface area contributed by atoms with Gasteiger partial charge in [-0.2, -0.15) is 0 Å². The summed E-state index contributed by atoms with van der Waals surface area (Å²) in [6, 6.07) is 9.66. The summed E-state index contributed by atoms with van der Waals surface area (Å²) < 4.78 is 6.44. The van der Waals surface area contributed by atoms with Crippen molar-refractivity contribution >= 4 is 11.7 Å². The Kier molecular flexibility index (Phi) is 3.83. The highest BCUT2D eigenvalue weighted by molar-refractivity contribution is 6.01. The summed E-state index contributed by atoms with van der Waals surface area (Å²) in [6.45, 7) is 2.56. The Morgan fingerprint density at radius 2 is 2.07 bits per heavy atom. The fourth-order valence-electron chi connectivity index (χ4n) is 5.36. The van der Waals surface area contributed by atoms with Crippen molar-refractivity contribution < 1.29 is 14.3 Å². The second kappa shape index (κ2) is 6.16. The minimum atomic E-state index is -0.498. The lowest BCUT2D eigenvalue weighted by Crippen LogP contribution is -2.44. The van der Waals surface area contributed by atoms with Crippen molar-refractivity contribution in [2.75, 3.05) is 7.05 Å². The Hall–Kier alpha value is -2.69. The number of carbonyl (C=O) groups is 2. The number of fused-ring (bicyclic) bond motifs is 3. The van der Waals surface area contributed by atoms with Crippen LogP contribution in [0.1, 0.15) is 40.7 Å². The van der Waals surface area contributed by atoms with E-state index in [1.807, 2.05) is 44.3 Å². The Morgan fingerprint density at radius 3 is 2.86 bits per heavy atom. The number of carbonyl (C=O) groups excluding carboxylic acids is 2. The standard InChI is InChI=1S/C23H24N2O3/c1-14-3-4-19-17(11-14)18(26)12-23(28-19)8-5-16-20(21(16)23)22(27)25(2)13-15-6-9-24-10-7-15/h3-4,6-7,9-11,16,20-21H,5,8,12-13H2,1-2H3/t16-,20+,21+,23+/m0/s1. The van der Waals surface area contributed by atoms with Crippen LogP contribution in [0.15, 0.2) is 42.7 Å². The molecule has 2 aliphatic carbocycles. The zero-order valence-electron chi connectivity index (χ0n) is 16.2. The molecule has 1 aromatic heterocycles. The molecule has 2 saturated carbocycles. The van der Waals surface area contributed by atoms with Crippen LogP contribution < -0.4 is 4.74 Å². The minimum absolute atomic E-state index is 0.0274. The van der Waals surface area contributed by atoms with Crippen molar-refractivity contribution in [1.29, 1.82) is 0 Å². The van der Waals surface area contributed by atoms with E-state index < -0.39 is 5.60 Å². The summed E-state index contributed by atoms with van der Waals surface area (Å²) in [6.07, 6.45) is 5.70. The van der Waals surface area contributed by atoms with Gasteiger partial charge >= 0.3 is 0 Å². The number of aryl methyl sites for hydroxylation is 1. The summed E-state index contributed by atoms with van der Waals surface area (Å²) in [5.74, 6) is 1.46. The Morgan fingerprint density at radius 1 is 1.29 bits per heavy atom. The summed E-state index contributed by atoms with van der Waals surface area (Å²) >= 11 is 0. The molecule has 5 nitrogen and oxygen atoms in total. The molecule has 3 aliphatic rings. The normalized spacial score (nSPS) is 29.8. The number of rotatable bonds is 3. The van der Waals surface area contributed by atoms with E-state index in [-0.39, 0.29) is 23.5 Å². The maximum absolute atomic E-state index is 13.1. The Bertz CT molecular complexity index is 958. The van der Waals surface area contributed by atoms with Gasteiger partial charge in [-0.25, -0.2) is 0 Å². The molecule has 1 amide bonds. The smallest absolute Gasteiger partial charge is 0.226 e. The molecule has 1 spiro atoms. The molecule has 2 fully saturated rings. The Balaban J connectivity index is 1.34. The number of ketones is 1. The van der Waals surface area contributed by atoms with E-state index in [0.29, 0.717) is 30.2 Å². The summed E-state index contributed by atoms with van der Waals surface area (Å²) in [7, 11) is 1.86. The number of pyridine rings is 1. The van der Waals surface area contributed by atoms with Crippen LogP contribution in [0.4, 0.5) is 0 Å². The molecular formula is C23H24N2O3. The molecule has 0 unspecified atom stereocenters. The van der Waals surface area contributed by atoms with Crippen molar-refractivity contribution in [1.82, 2.24) is 9.88 Å². The van der Waals surface area contributed by atoms with E-state index in [1.54, 1.807) is 17.3 Å². The zero-order chi connectivity index (χ0) is 19.5. The van der Waals surface area contributed by atoms with Crippen molar-refractivity contribution in [2.45, 2.75) is 38.3 Å². The Labute approximate surface area is 164 Å². The van der Waals surface area contributed by atoms with Crippen LogP contribution in [0, 0.1) is 24.7 Å². The molecule has 0 N–H and O–H groups in total. The van der Waals surface area contributed by atoms with Crippen molar-refractivity contribution in [2.24, 2.45) is 17.8 Å². The molecule has 1 aromatic carbocycles. The lowest BCUT2D eigenvalue weighted by Gasteiger charge is -2.37. The van der Waals surface area contributed by atoms with Crippen LogP contribution in [0.2, 0.25) is 0 Å². The molecule has 2 heterocycles. The topological polar surface area (TPSA) is 59.5 Å². The van der Waals surface area contributed by atoms with E-state index in [4.69, 9.17) is 4.74 Å². The summed E-state index contributed by atoms with van der Waals surface area (Å²) in [4.78, 5) is 31.8. The van der Waals surface area contributed by atoms with E-state index >= 15 is 0 Å². The number of hydrogen-bond acceptors (Lipinski definition) is 4. The fraction of sp³-hybridized carbons (Fsp3) is 0.435. The highest BCUT2D eigenvalue weighted by Gasteiger charge is 2.70. The molecule has 0 radical (unpaired) electrons. The number of benzene rings is 1. The second-order valence-electron chi connectivity index (χ2n) is 8.57. The third-order valence-electron chi connectivity index (χ3n) is 6.72. The van der Waals surface area contributed by atoms with Crippen molar-refractivity contribution in [3.63, 3.8) is 0 Å². The fourth-order valence-corrected chi connectivity index (χ4v) is 5.36. The number of aromatic nitrogens is 1. The molecule has 5 rings (SSSR count). The van der Waals surface area contributed by atoms with E-state index in [9.17, 15) is 9.59 Å². The molecule has 1 aliphatic heterocycles. The van der Waals surface area contributed by atoms with Crippen LogP contribution >= 0.6 is 0 Å². The molecular weight excluding hydrogens is 352 g/mol. The summed E-state index contributed by atoms with van der Waals surface area (Å²) in [5, 5.41) is 0. The molecule has 0 saturated heterocycles. The quantitative estimate of drug-likeness (QED) is 0.824. The van der Waals surface area contributed by atoms with Crippen LogP contribution in [-0.2, 0) is 11.3 Å². The van der Waals surface area contributed by atoms with Gasteiger partial charge in [-0.05, 0) is 55.5 Å². The van der Waals surface area contributed by atoms with Gasteiger partial charge in [0.1, 0.15) is 11.4 Å². The number of hydrogen-bond donors (Lipinski definition) is 0. The van der Waals surface area contributed by atoms with Gasteiger partial charge in [0.2, 0.25) is 5.91 Å². The van der Waals surface area contributed by atoms with Gasteiger partial charge in [0.15, 0.2) is 5.78 Å². The average molecular weight is 376 g/mol. The maximum atomic E-state index is 13.1. The lowest BCUT2D eigenvalue weighted by atomic mass is 9.84. The number of nitrogens with zero attached hydrogens (tertiary/aromatic N) is 2. The number of amides is 1. The van der Waals surface area contributed by atoms with Gasteiger partial charge < -0.3 is 9.64 Å². The van der Waals surface area contributed by atoms with Gasteiger partial charge in [0.05, 0.1) is 12.0 Å². The largest absolute Gasteiger partial charge is 0.486 e. The molecule has 0 bridgehead atoms. The van der Waals surface area contributed by atoms with Gasteiger partial charge in [-0.15, -0.1) is 0 Å². The molecule has 144 valence electrons. The highest BCUT2D eigenvalue weighted by atomic mass is 16.5. The van der Waals surface area contributed by atoms with Crippen LogP contribution in [0.3, 0.4) is 0 Å². The first kappa shape index (κ1) is 17.4. The zero-order valence-corrected chi connectivity index (χ0v) is 16.2. The van der Waals surface area contributed by atoms with Crippen LogP contribution in [0.5, 0.6) is 5.75 Å². The first-order valence-electron chi connectivity index (χ1n) is 9.95. The van der Waals surface area contributed by atoms with Crippen LogP contribution in [-0.4, -0.2) is 34.2 Å². The third kappa shape index (κ3) is 2.64. The van der Waals surface area contributed by atoms with Crippen molar-refractivity contribution in [3.8, 4) is 5.75 Å². The minimum Gasteiger partial charge on any atom is -0.486 e. The van der Waals surface area contributed by atoms with E-state index in [1.165, 1.54) is 0 Å². The van der Waals surface area contributed by atoms with E-state index in [2.05, 4.69) is 4.98 Å². The molecule has 5 heteroatoms. The first-order chi connectivity index (χ1) is 13.5. The number of Topliss-reactive ketones (excluding diaryl/α,β-unsaturated/α-hetero) is 1. The van der Waals surface area contributed by atoms with Gasteiger partial charge in [0.25, 0.3) is 0 Å². The monoisotopic (exact) mass is 376 g/mol. The van der Waals surface area contributed by atoms with Gasteiger partial charge in [-0.1, -0.05) is 11.6 Å². The predicted octanol–water partition coefficient (Wildman–Crippen LogP) is 3.41. The van der Waals surface area contributed by atoms with Gasteiger partial charge in [0, 0.05) is 37.8 Å². The average Bonchev–Trinajstić information content (AvgIpc) is 3.33. The molecule has 4 atom stereocenters. The molecule has 28 heavy (non-hydrogen) atoms. The lowest BCUT2D eigenvalue weighted by molar-refractivity contribution is -0.133. The van der Waals surface area contributed by atoms with Crippen molar-refractivity contribution in [3.05, 3.63) is 59.4 Å². The first-order valence-corrected chi connectivity index (χ1v) is 9.95. The second-order valence-corrected chi connectivity index (χ2v) is 8.57. The van der Waals surface area contributed by atoms with Gasteiger partial charge in [-0.3, -0.25) is 14.6 Å².